The maximum atomic E-state index is 12.4. The number of rotatable bonds is 6. The van der Waals surface area contributed by atoms with Crippen molar-refractivity contribution in [2.24, 2.45) is 11.3 Å². The zero-order valence-corrected chi connectivity index (χ0v) is 15.1. The van der Waals surface area contributed by atoms with Gasteiger partial charge in [-0.3, -0.25) is 0 Å². The summed E-state index contributed by atoms with van der Waals surface area (Å²) in [5.74, 6) is 0.597. The SMILES string of the molecule is CC(C)CC1(CNS(=O)(=O)c2ccc(Br)cc2)CCCC1. The summed E-state index contributed by atoms with van der Waals surface area (Å²) < 4.78 is 28.5. The van der Waals surface area contributed by atoms with Gasteiger partial charge >= 0.3 is 0 Å². The zero-order valence-electron chi connectivity index (χ0n) is 12.7. The van der Waals surface area contributed by atoms with Crippen LogP contribution in [0, 0.1) is 11.3 Å². The minimum atomic E-state index is -3.41. The van der Waals surface area contributed by atoms with Gasteiger partial charge in [-0.25, -0.2) is 13.1 Å². The molecule has 0 bridgehead atoms. The van der Waals surface area contributed by atoms with Gasteiger partial charge in [-0.2, -0.15) is 0 Å². The van der Waals surface area contributed by atoms with Gasteiger partial charge in [0.15, 0.2) is 0 Å². The Hall–Kier alpha value is -0.390. The molecular formula is C16H24BrNO2S. The maximum absolute atomic E-state index is 12.4. The third kappa shape index (κ3) is 4.54. The largest absolute Gasteiger partial charge is 0.240 e. The van der Waals surface area contributed by atoms with Crippen molar-refractivity contribution < 1.29 is 8.42 Å². The maximum Gasteiger partial charge on any atom is 0.240 e. The first kappa shape index (κ1) is 17.0. The highest BCUT2D eigenvalue weighted by Gasteiger charge is 2.35. The molecule has 3 nitrogen and oxygen atoms in total. The van der Waals surface area contributed by atoms with Crippen molar-refractivity contribution >= 4 is 26.0 Å². The van der Waals surface area contributed by atoms with Crippen molar-refractivity contribution in [1.29, 1.82) is 0 Å². The van der Waals surface area contributed by atoms with Crippen LogP contribution in [0.15, 0.2) is 33.6 Å². The van der Waals surface area contributed by atoms with Crippen LogP contribution in [-0.4, -0.2) is 15.0 Å². The van der Waals surface area contributed by atoms with Gasteiger partial charge in [0.1, 0.15) is 0 Å². The number of nitrogens with one attached hydrogen (secondary N) is 1. The quantitative estimate of drug-likeness (QED) is 0.806. The highest BCUT2D eigenvalue weighted by atomic mass is 79.9. The molecule has 1 aliphatic rings. The van der Waals surface area contributed by atoms with Crippen LogP contribution in [0.3, 0.4) is 0 Å². The van der Waals surface area contributed by atoms with Crippen molar-refractivity contribution in [1.82, 2.24) is 4.72 Å². The molecule has 118 valence electrons. The molecule has 0 unspecified atom stereocenters. The van der Waals surface area contributed by atoms with E-state index in [2.05, 4.69) is 34.5 Å². The van der Waals surface area contributed by atoms with Gasteiger partial charge in [-0.15, -0.1) is 0 Å². The Morgan fingerprint density at radius 2 is 1.76 bits per heavy atom. The summed E-state index contributed by atoms with van der Waals surface area (Å²) in [5, 5.41) is 0. The molecule has 0 saturated heterocycles. The van der Waals surface area contributed by atoms with E-state index in [0.717, 1.165) is 23.7 Å². The third-order valence-electron chi connectivity index (χ3n) is 4.27. The van der Waals surface area contributed by atoms with Crippen LogP contribution in [-0.2, 0) is 10.0 Å². The lowest BCUT2D eigenvalue weighted by Crippen LogP contribution is -2.36. The lowest BCUT2D eigenvalue weighted by Gasteiger charge is -2.31. The van der Waals surface area contributed by atoms with Crippen LogP contribution < -0.4 is 4.72 Å². The van der Waals surface area contributed by atoms with Crippen LogP contribution in [0.5, 0.6) is 0 Å². The number of benzene rings is 1. The molecular weight excluding hydrogens is 350 g/mol. The zero-order chi connectivity index (χ0) is 15.5. The standard InChI is InChI=1S/C16H24BrNO2S/c1-13(2)11-16(9-3-4-10-16)12-18-21(19,20)15-7-5-14(17)6-8-15/h5-8,13,18H,3-4,9-12H2,1-2H3. The number of sulfonamides is 1. The molecule has 0 radical (unpaired) electrons. The normalized spacial score (nSPS) is 18.3. The molecule has 5 heteroatoms. The van der Waals surface area contributed by atoms with E-state index in [1.54, 1.807) is 24.3 Å². The summed E-state index contributed by atoms with van der Waals surface area (Å²) in [4.78, 5) is 0.336. The highest BCUT2D eigenvalue weighted by Crippen LogP contribution is 2.42. The molecule has 1 fully saturated rings. The molecule has 1 aromatic carbocycles. The summed E-state index contributed by atoms with van der Waals surface area (Å²) in [5.41, 5.74) is 0.149. The lowest BCUT2D eigenvalue weighted by atomic mass is 9.79. The summed E-state index contributed by atoms with van der Waals surface area (Å²) in [7, 11) is -3.41. The molecule has 1 saturated carbocycles. The van der Waals surface area contributed by atoms with E-state index in [-0.39, 0.29) is 5.41 Å². The fourth-order valence-corrected chi connectivity index (χ4v) is 4.81. The van der Waals surface area contributed by atoms with E-state index in [1.165, 1.54) is 12.8 Å². The fraction of sp³-hybridized carbons (Fsp3) is 0.625. The number of hydrogen-bond acceptors (Lipinski definition) is 2. The second kappa shape index (κ2) is 6.80. The van der Waals surface area contributed by atoms with Crippen molar-refractivity contribution in [3.8, 4) is 0 Å². The lowest BCUT2D eigenvalue weighted by molar-refractivity contribution is 0.236. The van der Waals surface area contributed by atoms with Gasteiger partial charge in [0.05, 0.1) is 4.90 Å². The van der Waals surface area contributed by atoms with E-state index in [4.69, 9.17) is 0 Å². The second-order valence-corrected chi connectivity index (χ2v) is 9.27. The Balaban J connectivity index is 2.07. The summed E-state index contributed by atoms with van der Waals surface area (Å²) in [6.07, 6.45) is 5.79. The van der Waals surface area contributed by atoms with Crippen molar-refractivity contribution in [2.45, 2.75) is 50.8 Å². The molecule has 0 heterocycles. The van der Waals surface area contributed by atoms with Crippen LogP contribution >= 0.6 is 15.9 Å². The molecule has 21 heavy (non-hydrogen) atoms. The van der Waals surface area contributed by atoms with Crippen LogP contribution in [0.2, 0.25) is 0 Å². The van der Waals surface area contributed by atoms with E-state index in [1.807, 2.05) is 0 Å². The predicted octanol–water partition coefficient (Wildman–Crippen LogP) is 4.33. The van der Waals surface area contributed by atoms with E-state index in [0.29, 0.717) is 17.4 Å². The molecule has 2 rings (SSSR count). The van der Waals surface area contributed by atoms with Crippen LogP contribution in [0.1, 0.15) is 46.0 Å². The molecule has 0 spiro atoms. The van der Waals surface area contributed by atoms with Gasteiger partial charge in [-0.1, -0.05) is 42.6 Å². The third-order valence-corrected chi connectivity index (χ3v) is 6.21. The molecule has 1 aromatic rings. The Labute approximate surface area is 136 Å². The average Bonchev–Trinajstić information content (AvgIpc) is 2.85. The van der Waals surface area contributed by atoms with Crippen LogP contribution in [0.25, 0.3) is 0 Å². The van der Waals surface area contributed by atoms with Gasteiger partial charge in [0.2, 0.25) is 10.0 Å². The Morgan fingerprint density at radius 3 is 2.29 bits per heavy atom. The van der Waals surface area contributed by atoms with Gasteiger partial charge in [0, 0.05) is 11.0 Å². The monoisotopic (exact) mass is 373 g/mol. The minimum absolute atomic E-state index is 0.149. The summed E-state index contributed by atoms with van der Waals surface area (Å²) in [6, 6.07) is 6.79. The van der Waals surface area contributed by atoms with Gasteiger partial charge in [-0.05, 0) is 54.9 Å². The fourth-order valence-electron chi connectivity index (χ4n) is 3.39. The number of halogens is 1. The highest BCUT2D eigenvalue weighted by molar-refractivity contribution is 9.10. The minimum Gasteiger partial charge on any atom is -0.211 e. The van der Waals surface area contributed by atoms with Crippen molar-refractivity contribution in [2.75, 3.05) is 6.54 Å². The Kier molecular flexibility index (Phi) is 5.49. The molecule has 0 amide bonds. The smallest absolute Gasteiger partial charge is 0.211 e. The molecule has 1 N–H and O–H groups in total. The topological polar surface area (TPSA) is 46.2 Å². The summed E-state index contributed by atoms with van der Waals surface area (Å²) >= 11 is 3.33. The molecule has 0 aromatic heterocycles. The Bertz CT molecular complexity index is 560. The first-order valence-electron chi connectivity index (χ1n) is 7.58. The van der Waals surface area contributed by atoms with E-state index >= 15 is 0 Å². The average molecular weight is 374 g/mol. The first-order valence-corrected chi connectivity index (χ1v) is 9.86. The van der Waals surface area contributed by atoms with Crippen molar-refractivity contribution in [3.05, 3.63) is 28.7 Å². The summed E-state index contributed by atoms with van der Waals surface area (Å²) in [6.45, 7) is 4.98. The second-order valence-electron chi connectivity index (χ2n) is 6.58. The number of hydrogen-bond donors (Lipinski definition) is 1. The van der Waals surface area contributed by atoms with Crippen LogP contribution in [0.4, 0.5) is 0 Å². The van der Waals surface area contributed by atoms with Crippen molar-refractivity contribution in [3.63, 3.8) is 0 Å². The van der Waals surface area contributed by atoms with E-state index < -0.39 is 10.0 Å². The van der Waals surface area contributed by atoms with Gasteiger partial charge < -0.3 is 0 Å². The molecule has 0 atom stereocenters. The molecule has 1 aliphatic carbocycles. The first-order chi connectivity index (χ1) is 9.83. The molecule has 0 aliphatic heterocycles. The van der Waals surface area contributed by atoms with Gasteiger partial charge in [0.25, 0.3) is 0 Å². The van der Waals surface area contributed by atoms with E-state index in [9.17, 15) is 8.42 Å². The Morgan fingerprint density at radius 1 is 1.19 bits per heavy atom. The predicted molar refractivity (Wildman–Crippen MR) is 89.7 cm³/mol.